The van der Waals surface area contributed by atoms with Gasteiger partial charge in [0.1, 0.15) is 23.6 Å². The van der Waals surface area contributed by atoms with Gasteiger partial charge in [-0.05, 0) is 37.3 Å². The van der Waals surface area contributed by atoms with Crippen LogP contribution in [-0.2, 0) is 0 Å². The zero-order chi connectivity index (χ0) is 15.4. The molecular formula is C16H13N3O2. The molecule has 1 unspecified atom stereocenters. The lowest BCUT2D eigenvalue weighted by atomic mass is 10.0. The number of nitrogens with zero attached hydrogens (tertiary/aromatic N) is 2. The summed E-state index contributed by atoms with van der Waals surface area (Å²) >= 11 is 0. The highest BCUT2D eigenvalue weighted by molar-refractivity contribution is 5.57. The third-order valence-corrected chi connectivity index (χ3v) is 3.12. The third kappa shape index (κ3) is 3.05. The van der Waals surface area contributed by atoms with E-state index in [0.717, 1.165) is 0 Å². The summed E-state index contributed by atoms with van der Waals surface area (Å²) in [6, 6.07) is 12.9. The van der Waals surface area contributed by atoms with Gasteiger partial charge in [-0.25, -0.2) is 0 Å². The second-order valence-electron chi connectivity index (χ2n) is 4.59. The van der Waals surface area contributed by atoms with Crippen LogP contribution >= 0.6 is 0 Å². The van der Waals surface area contributed by atoms with E-state index in [1.54, 1.807) is 24.3 Å². The lowest BCUT2D eigenvalue weighted by Crippen LogP contribution is -2.07. The first-order chi connectivity index (χ1) is 10.0. The predicted molar refractivity (Wildman–Crippen MR) is 77.7 cm³/mol. The van der Waals surface area contributed by atoms with Crippen LogP contribution in [-0.4, -0.2) is 10.2 Å². The SMILES string of the molecule is CC(Nc1ccc(C#N)c(C#N)c1)c1ccc(O)cc1O. The van der Waals surface area contributed by atoms with Crippen LogP contribution < -0.4 is 5.32 Å². The Hall–Kier alpha value is -3.18. The Kier molecular flexibility index (Phi) is 3.97. The van der Waals surface area contributed by atoms with Gasteiger partial charge in [0, 0.05) is 17.3 Å². The van der Waals surface area contributed by atoms with Crippen LogP contribution in [0.1, 0.15) is 29.7 Å². The first kappa shape index (κ1) is 14.2. The maximum atomic E-state index is 9.83. The number of nitriles is 2. The maximum absolute atomic E-state index is 9.83. The molecule has 21 heavy (non-hydrogen) atoms. The second kappa shape index (κ2) is 5.85. The molecule has 0 aromatic heterocycles. The largest absolute Gasteiger partial charge is 0.508 e. The Bertz CT molecular complexity index is 757. The van der Waals surface area contributed by atoms with Crippen LogP contribution in [0.4, 0.5) is 5.69 Å². The second-order valence-corrected chi connectivity index (χ2v) is 4.59. The molecule has 0 amide bonds. The van der Waals surface area contributed by atoms with Gasteiger partial charge < -0.3 is 15.5 Å². The zero-order valence-electron chi connectivity index (χ0n) is 11.3. The van der Waals surface area contributed by atoms with Gasteiger partial charge >= 0.3 is 0 Å². The molecule has 2 aromatic carbocycles. The minimum Gasteiger partial charge on any atom is -0.508 e. The van der Waals surface area contributed by atoms with Crippen LogP contribution in [0.3, 0.4) is 0 Å². The molecule has 2 rings (SSSR count). The standard InChI is InChI=1S/C16H13N3O2/c1-10(15-5-4-14(20)7-16(15)21)19-13-3-2-11(8-17)12(6-13)9-18/h2-7,10,19-21H,1H3. The van der Waals surface area contributed by atoms with Crippen molar-refractivity contribution in [2.24, 2.45) is 0 Å². The highest BCUT2D eigenvalue weighted by atomic mass is 16.3. The number of benzene rings is 2. The molecule has 0 saturated carbocycles. The number of phenols is 2. The van der Waals surface area contributed by atoms with Gasteiger partial charge in [0.25, 0.3) is 0 Å². The Morgan fingerprint density at radius 3 is 2.33 bits per heavy atom. The minimum atomic E-state index is -0.231. The minimum absolute atomic E-state index is 0.00594. The summed E-state index contributed by atoms with van der Waals surface area (Å²) in [5, 5.41) is 40.1. The van der Waals surface area contributed by atoms with Crippen molar-refractivity contribution in [2.45, 2.75) is 13.0 Å². The molecule has 5 nitrogen and oxygen atoms in total. The third-order valence-electron chi connectivity index (χ3n) is 3.12. The Balaban J connectivity index is 2.26. The quantitative estimate of drug-likeness (QED) is 0.801. The molecule has 0 radical (unpaired) electrons. The van der Waals surface area contributed by atoms with E-state index in [1.807, 2.05) is 19.1 Å². The average Bonchev–Trinajstić information content (AvgIpc) is 2.46. The number of rotatable bonds is 3. The molecule has 0 saturated heterocycles. The lowest BCUT2D eigenvalue weighted by molar-refractivity contribution is 0.444. The van der Waals surface area contributed by atoms with Crippen LogP contribution in [0, 0.1) is 22.7 Å². The van der Waals surface area contributed by atoms with Crippen molar-refractivity contribution < 1.29 is 10.2 Å². The summed E-state index contributed by atoms with van der Waals surface area (Å²) in [7, 11) is 0. The van der Waals surface area contributed by atoms with Crippen molar-refractivity contribution in [3.63, 3.8) is 0 Å². The van der Waals surface area contributed by atoms with Gasteiger partial charge in [0.2, 0.25) is 0 Å². The van der Waals surface area contributed by atoms with E-state index in [4.69, 9.17) is 10.5 Å². The van der Waals surface area contributed by atoms with Gasteiger partial charge in [0.05, 0.1) is 17.2 Å². The van der Waals surface area contributed by atoms with Gasteiger partial charge in [0.15, 0.2) is 0 Å². The molecule has 0 aliphatic carbocycles. The van der Waals surface area contributed by atoms with E-state index in [-0.39, 0.29) is 17.5 Å². The van der Waals surface area contributed by atoms with Gasteiger partial charge in [-0.15, -0.1) is 0 Å². The van der Waals surface area contributed by atoms with Crippen LogP contribution in [0.15, 0.2) is 36.4 Å². The van der Waals surface area contributed by atoms with E-state index in [0.29, 0.717) is 22.4 Å². The summed E-state index contributed by atoms with van der Waals surface area (Å²) < 4.78 is 0. The van der Waals surface area contributed by atoms with Crippen molar-refractivity contribution in [2.75, 3.05) is 5.32 Å². The summed E-state index contributed by atoms with van der Waals surface area (Å²) in [5.41, 5.74) is 1.91. The van der Waals surface area contributed by atoms with Gasteiger partial charge in [-0.1, -0.05) is 0 Å². The molecule has 0 heterocycles. The highest BCUT2D eigenvalue weighted by Crippen LogP contribution is 2.30. The first-order valence-electron chi connectivity index (χ1n) is 6.28. The van der Waals surface area contributed by atoms with E-state index < -0.39 is 0 Å². The molecule has 0 spiro atoms. The molecule has 0 fully saturated rings. The molecule has 0 bridgehead atoms. The monoisotopic (exact) mass is 279 g/mol. The number of phenolic OH excluding ortho intramolecular Hbond substituents is 2. The summed E-state index contributed by atoms with van der Waals surface area (Å²) in [6.45, 7) is 1.84. The van der Waals surface area contributed by atoms with E-state index in [9.17, 15) is 10.2 Å². The molecule has 1 atom stereocenters. The van der Waals surface area contributed by atoms with E-state index in [1.165, 1.54) is 12.1 Å². The van der Waals surface area contributed by atoms with Crippen molar-refractivity contribution in [1.82, 2.24) is 0 Å². The highest BCUT2D eigenvalue weighted by Gasteiger charge is 2.12. The molecular weight excluding hydrogens is 266 g/mol. The molecule has 104 valence electrons. The van der Waals surface area contributed by atoms with Crippen molar-refractivity contribution in [3.05, 3.63) is 53.1 Å². The summed E-state index contributed by atoms with van der Waals surface area (Å²) in [4.78, 5) is 0. The van der Waals surface area contributed by atoms with Crippen molar-refractivity contribution in [1.29, 1.82) is 10.5 Å². The molecule has 0 aliphatic rings. The van der Waals surface area contributed by atoms with Crippen molar-refractivity contribution in [3.8, 4) is 23.6 Å². The maximum Gasteiger partial charge on any atom is 0.124 e. The first-order valence-corrected chi connectivity index (χ1v) is 6.28. The fraction of sp³-hybridized carbons (Fsp3) is 0.125. The molecule has 0 aliphatic heterocycles. The zero-order valence-corrected chi connectivity index (χ0v) is 11.3. The predicted octanol–water partition coefficient (Wildman–Crippen LogP) is 3.01. The van der Waals surface area contributed by atoms with Crippen molar-refractivity contribution >= 4 is 5.69 Å². The van der Waals surface area contributed by atoms with E-state index >= 15 is 0 Å². The Morgan fingerprint density at radius 2 is 1.71 bits per heavy atom. The van der Waals surface area contributed by atoms with E-state index in [2.05, 4.69) is 5.32 Å². The van der Waals surface area contributed by atoms with Gasteiger partial charge in [-0.3, -0.25) is 0 Å². The topological polar surface area (TPSA) is 100 Å². The number of anilines is 1. The normalized spacial score (nSPS) is 11.2. The number of nitrogens with one attached hydrogen (secondary N) is 1. The lowest BCUT2D eigenvalue weighted by Gasteiger charge is -2.17. The Morgan fingerprint density at radius 1 is 1.00 bits per heavy atom. The average molecular weight is 279 g/mol. The number of hydrogen-bond acceptors (Lipinski definition) is 5. The number of aromatic hydroxyl groups is 2. The summed E-state index contributed by atoms with van der Waals surface area (Å²) in [6.07, 6.45) is 0. The number of hydrogen-bond donors (Lipinski definition) is 3. The fourth-order valence-corrected chi connectivity index (χ4v) is 2.05. The molecule has 3 N–H and O–H groups in total. The van der Waals surface area contributed by atoms with Crippen LogP contribution in [0.25, 0.3) is 0 Å². The van der Waals surface area contributed by atoms with Crippen LogP contribution in [0.2, 0.25) is 0 Å². The summed E-state index contributed by atoms with van der Waals surface area (Å²) in [5.74, 6) is -0.0160. The van der Waals surface area contributed by atoms with Gasteiger partial charge in [-0.2, -0.15) is 10.5 Å². The van der Waals surface area contributed by atoms with Crippen LogP contribution in [0.5, 0.6) is 11.5 Å². The molecule has 5 heteroatoms. The smallest absolute Gasteiger partial charge is 0.124 e. The fourth-order valence-electron chi connectivity index (χ4n) is 2.05. The Labute approximate surface area is 122 Å². The molecule has 2 aromatic rings.